The van der Waals surface area contributed by atoms with Gasteiger partial charge in [-0.3, -0.25) is 14.7 Å². The van der Waals surface area contributed by atoms with Gasteiger partial charge in [0.05, 0.1) is 18.7 Å². The first-order chi connectivity index (χ1) is 14.6. The first-order valence-electron chi connectivity index (χ1n) is 10.2. The van der Waals surface area contributed by atoms with Crippen LogP contribution in [0.3, 0.4) is 0 Å². The number of hydrogen-bond donors (Lipinski definition) is 4. The van der Waals surface area contributed by atoms with E-state index in [1.165, 1.54) is 0 Å². The zero-order valence-electron chi connectivity index (χ0n) is 16.7. The number of hydrogen-bond acceptors (Lipinski definition) is 6. The number of pyridine rings is 1. The van der Waals surface area contributed by atoms with Gasteiger partial charge in [-0.1, -0.05) is 6.07 Å². The molecule has 0 unspecified atom stereocenters. The number of amides is 1. The van der Waals surface area contributed by atoms with Gasteiger partial charge < -0.3 is 20.8 Å². The Morgan fingerprint density at radius 3 is 2.77 bits per heavy atom. The fourth-order valence-corrected chi connectivity index (χ4v) is 3.86. The number of benzene rings is 2. The van der Waals surface area contributed by atoms with Crippen LogP contribution < -0.4 is 10.6 Å². The summed E-state index contributed by atoms with van der Waals surface area (Å²) in [7, 11) is 0. The van der Waals surface area contributed by atoms with Crippen LogP contribution in [0.25, 0.3) is 10.9 Å². The first-order valence-corrected chi connectivity index (χ1v) is 10.2. The lowest BCUT2D eigenvalue weighted by Gasteiger charge is -2.32. The highest BCUT2D eigenvalue weighted by Crippen LogP contribution is 2.24. The monoisotopic (exact) mass is 406 g/mol. The molecule has 0 saturated carbocycles. The Labute approximate surface area is 175 Å². The Hall–Kier alpha value is -3.16. The maximum Gasteiger partial charge on any atom is 0.238 e. The molecule has 0 radical (unpaired) electrons. The molecule has 30 heavy (non-hydrogen) atoms. The average molecular weight is 406 g/mol. The smallest absolute Gasteiger partial charge is 0.238 e. The second-order valence-corrected chi connectivity index (χ2v) is 7.65. The van der Waals surface area contributed by atoms with Crippen LogP contribution in [0.15, 0.2) is 54.7 Å². The van der Waals surface area contributed by atoms with Gasteiger partial charge in [-0.05, 0) is 55.3 Å². The summed E-state index contributed by atoms with van der Waals surface area (Å²) in [5, 5.41) is 26.5. The number of phenolic OH excluding ortho intramolecular Hbond substituents is 1. The van der Waals surface area contributed by atoms with Gasteiger partial charge in [0.2, 0.25) is 5.91 Å². The molecule has 7 nitrogen and oxygen atoms in total. The highest BCUT2D eigenvalue weighted by atomic mass is 16.3. The number of carbonyl (C=O) groups excluding carboxylic acids is 1. The Kier molecular flexibility index (Phi) is 6.11. The summed E-state index contributed by atoms with van der Waals surface area (Å²) in [5.41, 5.74) is 3.21. The topological polar surface area (TPSA) is 97.7 Å². The third kappa shape index (κ3) is 4.87. The molecule has 1 aromatic heterocycles. The molecule has 0 spiro atoms. The zero-order valence-corrected chi connectivity index (χ0v) is 16.7. The fraction of sp³-hybridized carbons (Fsp3) is 0.304. The lowest BCUT2D eigenvalue weighted by molar-refractivity contribution is -0.117. The van der Waals surface area contributed by atoms with Crippen molar-refractivity contribution in [2.45, 2.75) is 25.5 Å². The lowest BCUT2D eigenvalue weighted by Crippen LogP contribution is -2.42. The Bertz CT molecular complexity index is 1030. The zero-order chi connectivity index (χ0) is 20.9. The molecule has 2 heterocycles. The van der Waals surface area contributed by atoms with Crippen molar-refractivity contribution in [2.24, 2.45) is 0 Å². The van der Waals surface area contributed by atoms with Crippen LogP contribution in [-0.2, 0) is 11.4 Å². The van der Waals surface area contributed by atoms with Crippen molar-refractivity contribution in [3.05, 3.63) is 60.3 Å². The minimum absolute atomic E-state index is 0.0225. The van der Waals surface area contributed by atoms with Crippen LogP contribution >= 0.6 is 0 Å². The molecule has 0 atom stereocenters. The molecule has 1 aliphatic rings. The summed E-state index contributed by atoms with van der Waals surface area (Å²) < 4.78 is 0. The molecule has 1 aliphatic heterocycles. The number of anilines is 2. The van der Waals surface area contributed by atoms with Crippen molar-refractivity contribution in [3.63, 3.8) is 0 Å². The van der Waals surface area contributed by atoms with Gasteiger partial charge in [-0.2, -0.15) is 0 Å². The van der Waals surface area contributed by atoms with Gasteiger partial charge in [0, 0.05) is 47.7 Å². The van der Waals surface area contributed by atoms with Crippen molar-refractivity contribution < 1.29 is 15.0 Å². The summed E-state index contributed by atoms with van der Waals surface area (Å²) in [4.78, 5) is 18.9. The third-order valence-electron chi connectivity index (χ3n) is 5.46. The standard InChI is InChI=1S/C23H26N4O3/c28-15-17-13-20(29)4-6-22(17)25-18-7-10-27(11-8-18)14-23(30)26-19-3-5-21-16(12-19)2-1-9-24-21/h1-6,9,12-13,18,25,28-29H,7-8,10-11,14-15H2,(H,26,30). The van der Waals surface area contributed by atoms with Gasteiger partial charge in [0.1, 0.15) is 5.75 Å². The molecule has 156 valence electrons. The van der Waals surface area contributed by atoms with Gasteiger partial charge in [-0.25, -0.2) is 0 Å². The highest BCUT2D eigenvalue weighted by Gasteiger charge is 2.21. The molecule has 4 N–H and O–H groups in total. The van der Waals surface area contributed by atoms with Crippen molar-refractivity contribution in [1.29, 1.82) is 0 Å². The predicted molar refractivity (Wildman–Crippen MR) is 117 cm³/mol. The number of piperidine rings is 1. The van der Waals surface area contributed by atoms with E-state index in [0.29, 0.717) is 12.1 Å². The SMILES string of the molecule is O=C(CN1CCC(Nc2ccc(O)cc2CO)CC1)Nc1ccc2ncccc2c1. The Balaban J connectivity index is 1.27. The van der Waals surface area contributed by atoms with E-state index in [1.54, 1.807) is 24.4 Å². The molecule has 3 aromatic rings. The molecule has 2 aromatic carbocycles. The van der Waals surface area contributed by atoms with Crippen LogP contribution in [0, 0.1) is 0 Å². The number of rotatable bonds is 6. The van der Waals surface area contributed by atoms with E-state index < -0.39 is 0 Å². The molecular formula is C23H26N4O3. The minimum atomic E-state index is -0.124. The molecule has 7 heteroatoms. The van der Waals surface area contributed by atoms with E-state index in [-0.39, 0.29) is 24.3 Å². The molecule has 0 aliphatic carbocycles. The minimum Gasteiger partial charge on any atom is -0.508 e. The molecule has 0 bridgehead atoms. The number of likely N-dealkylation sites (tertiary alicyclic amines) is 1. The maximum atomic E-state index is 12.5. The number of aliphatic hydroxyl groups excluding tert-OH is 1. The van der Waals surface area contributed by atoms with Crippen LogP contribution in [0.2, 0.25) is 0 Å². The van der Waals surface area contributed by atoms with Gasteiger partial charge in [-0.15, -0.1) is 0 Å². The first kappa shape index (κ1) is 20.1. The molecule has 1 amide bonds. The number of nitrogens with one attached hydrogen (secondary N) is 2. The number of fused-ring (bicyclic) bond motifs is 1. The third-order valence-corrected chi connectivity index (χ3v) is 5.46. The van der Waals surface area contributed by atoms with E-state index in [1.807, 2.05) is 30.3 Å². The number of aromatic hydroxyl groups is 1. The average Bonchev–Trinajstić information content (AvgIpc) is 2.76. The lowest BCUT2D eigenvalue weighted by atomic mass is 10.0. The number of nitrogens with zero attached hydrogens (tertiary/aromatic N) is 2. The summed E-state index contributed by atoms with van der Waals surface area (Å²) in [5.74, 6) is 0.124. The van der Waals surface area contributed by atoms with Gasteiger partial charge >= 0.3 is 0 Å². The van der Waals surface area contributed by atoms with E-state index in [2.05, 4.69) is 20.5 Å². The quantitative estimate of drug-likeness (QED) is 0.470. The van der Waals surface area contributed by atoms with E-state index in [0.717, 1.165) is 48.2 Å². The predicted octanol–water partition coefficient (Wildman–Crippen LogP) is 2.95. The van der Waals surface area contributed by atoms with Crippen LogP contribution in [0.5, 0.6) is 5.75 Å². The Morgan fingerprint density at radius 2 is 1.97 bits per heavy atom. The summed E-state index contributed by atoms with van der Waals surface area (Å²) in [6, 6.07) is 14.8. The fourth-order valence-electron chi connectivity index (χ4n) is 3.86. The number of phenols is 1. The van der Waals surface area contributed by atoms with Crippen LogP contribution in [0.1, 0.15) is 18.4 Å². The number of aliphatic hydroxyl groups is 1. The van der Waals surface area contributed by atoms with Crippen LogP contribution in [0.4, 0.5) is 11.4 Å². The van der Waals surface area contributed by atoms with Crippen molar-refractivity contribution in [3.8, 4) is 5.75 Å². The second-order valence-electron chi connectivity index (χ2n) is 7.65. The molecular weight excluding hydrogens is 380 g/mol. The summed E-state index contributed by atoms with van der Waals surface area (Å²) in [6.07, 6.45) is 3.56. The number of aromatic nitrogens is 1. The molecule has 1 saturated heterocycles. The van der Waals surface area contributed by atoms with Gasteiger partial charge in [0.25, 0.3) is 0 Å². The second kappa shape index (κ2) is 9.11. The van der Waals surface area contributed by atoms with E-state index >= 15 is 0 Å². The summed E-state index contributed by atoms with van der Waals surface area (Å²) >= 11 is 0. The van der Waals surface area contributed by atoms with Crippen molar-refractivity contribution in [2.75, 3.05) is 30.3 Å². The van der Waals surface area contributed by atoms with E-state index in [4.69, 9.17) is 0 Å². The summed E-state index contributed by atoms with van der Waals surface area (Å²) in [6.45, 7) is 1.87. The maximum absolute atomic E-state index is 12.5. The largest absolute Gasteiger partial charge is 0.508 e. The van der Waals surface area contributed by atoms with E-state index in [9.17, 15) is 15.0 Å². The molecule has 4 rings (SSSR count). The molecule has 1 fully saturated rings. The van der Waals surface area contributed by atoms with Crippen molar-refractivity contribution in [1.82, 2.24) is 9.88 Å². The normalized spacial score (nSPS) is 15.2. The Morgan fingerprint density at radius 1 is 1.13 bits per heavy atom. The number of carbonyl (C=O) groups is 1. The van der Waals surface area contributed by atoms with Crippen LogP contribution in [-0.4, -0.2) is 51.7 Å². The highest BCUT2D eigenvalue weighted by molar-refractivity contribution is 5.94. The van der Waals surface area contributed by atoms with Gasteiger partial charge in [0.15, 0.2) is 0 Å². The van der Waals surface area contributed by atoms with Crippen molar-refractivity contribution >= 4 is 28.2 Å².